The van der Waals surface area contributed by atoms with Gasteiger partial charge in [0.05, 0.1) is 12.6 Å². The van der Waals surface area contributed by atoms with E-state index < -0.39 is 6.04 Å². The van der Waals surface area contributed by atoms with Crippen LogP contribution in [0.5, 0.6) is 0 Å². The summed E-state index contributed by atoms with van der Waals surface area (Å²) >= 11 is 0. The van der Waals surface area contributed by atoms with Gasteiger partial charge in [-0.2, -0.15) is 0 Å². The SMILES string of the molecule is CCN(CC(=O)N(C)C)C(=O)C(N)C(C)C. The van der Waals surface area contributed by atoms with E-state index in [0.29, 0.717) is 6.54 Å². The first-order valence-electron chi connectivity index (χ1n) is 5.55. The summed E-state index contributed by atoms with van der Waals surface area (Å²) in [5.41, 5.74) is 5.77. The predicted octanol–water partition coefficient (Wildman–Crippen LogP) is -0.0936. The number of amides is 2. The van der Waals surface area contributed by atoms with Crippen LogP contribution < -0.4 is 5.73 Å². The Kier molecular flexibility index (Phi) is 6.03. The summed E-state index contributed by atoms with van der Waals surface area (Å²) in [5, 5.41) is 0. The van der Waals surface area contributed by atoms with Gasteiger partial charge in [0.1, 0.15) is 0 Å². The van der Waals surface area contributed by atoms with Gasteiger partial charge in [0, 0.05) is 20.6 Å². The smallest absolute Gasteiger partial charge is 0.241 e. The van der Waals surface area contributed by atoms with Crippen molar-refractivity contribution in [1.29, 1.82) is 0 Å². The molecule has 0 aliphatic heterocycles. The zero-order chi connectivity index (χ0) is 12.9. The monoisotopic (exact) mass is 229 g/mol. The molecule has 0 radical (unpaired) electrons. The third-order valence-electron chi connectivity index (χ3n) is 2.52. The van der Waals surface area contributed by atoms with Crippen molar-refractivity contribution >= 4 is 11.8 Å². The molecule has 16 heavy (non-hydrogen) atoms. The Morgan fingerprint density at radius 1 is 1.25 bits per heavy atom. The Morgan fingerprint density at radius 2 is 1.75 bits per heavy atom. The lowest BCUT2D eigenvalue weighted by molar-refractivity contribution is -0.140. The summed E-state index contributed by atoms with van der Waals surface area (Å²) in [7, 11) is 3.34. The first kappa shape index (κ1) is 14.9. The van der Waals surface area contributed by atoms with Gasteiger partial charge in [0.15, 0.2) is 0 Å². The van der Waals surface area contributed by atoms with Crippen LogP contribution in [0.3, 0.4) is 0 Å². The molecule has 1 atom stereocenters. The maximum atomic E-state index is 11.9. The third-order valence-corrected chi connectivity index (χ3v) is 2.52. The highest BCUT2D eigenvalue weighted by Crippen LogP contribution is 2.03. The second kappa shape index (κ2) is 6.48. The quantitative estimate of drug-likeness (QED) is 0.716. The van der Waals surface area contributed by atoms with Gasteiger partial charge in [-0.3, -0.25) is 9.59 Å². The minimum absolute atomic E-state index is 0.0796. The number of nitrogens with zero attached hydrogens (tertiary/aromatic N) is 2. The van der Waals surface area contributed by atoms with Crippen LogP contribution in [0.4, 0.5) is 0 Å². The molecule has 5 heteroatoms. The van der Waals surface area contributed by atoms with Crippen LogP contribution in [-0.2, 0) is 9.59 Å². The molecule has 0 saturated carbocycles. The fraction of sp³-hybridized carbons (Fsp3) is 0.818. The average Bonchev–Trinajstić information content (AvgIpc) is 2.22. The Labute approximate surface area is 97.6 Å². The summed E-state index contributed by atoms with van der Waals surface area (Å²) in [6.07, 6.45) is 0. The van der Waals surface area contributed by atoms with E-state index in [1.165, 1.54) is 9.80 Å². The molecule has 0 heterocycles. The number of carbonyl (C=O) groups is 2. The highest BCUT2D eigenvalue weighted by molar-refractivity contribution is 5.87. The standard InChI is InChI=1S/C11H23N3O2/c1-6-14(7-9(15)13(4)5)11(16)10(12)8(2)3/h8,10H,6-7,12H2,1-5H3. The number of likely N-dealkylation sites (N-methyl/N-ethyl adjacent to an activating group) is 2. The van der Waals surface area contributed by atoms with Crippen molar-refractivity contribution in [3.8, 4) is 0 Å². The topological polar surface area (TPSA) is 66.6 Å². The molecule has 1 unspecified atom stereocenters. The van der Waals surface area contributed by atoms with Gasteiger partial charge in [0.25, 0.3) is 0 Å². The van der Waals surface area contributed by atoms with Crippen molar-refractivity contribution in [3.05, 3.63) is 0 Å². The maximum absolute atomic E-state index is 11.9. The number of hydrogen-bond donors (Lipinski definition) is 1. The molecule has 0 aliphatic carbocycles. The summed E-state index contributed by atoms with van der Waals surface area (Å²) in [5.74, 6) is -0.171. The molecule has 0 spiro atoms. The first-order valence-corrected chi connectivity index (χ1v) is 5.55. The van der Waals surface area contributed by atoms with Crippen LogP contribution in [0.15, 0.2) is 0 Å². The van der Waals surface area contributed by atoms with Crippen molar-refractivity contribution in [2.75, 3.05) is 27.2 Å². The lowest BCUT2D eigenvalue weighted by Crippen LogP contribution is -2.49. The van der Waals surface area contributed by atoms with E-state index in [9.17, 15) is 9.59 Å². The van der Waals surface area contributed by atoms with Crippen molar-refractivity contribution in [1.82, 2.24) is 9.80 Å². The van der Waals surface area contributed by atoms with Crippen LogP contribution in [0.25, 0.3) is 0 Å². The molecule has 0 aliphatic rings. The van der Waals surface area contributed by atoms with Crippen molar-refractivity contribution in [2.45, 2.75) is 26.8 Å². The van der Waals surface area contributed by atoms with Gasteiger partial charge in [-0.25, -0.2) is 0 Å². The molecule has 0 rings (SSSR count). The number of carbonyl (C=O) groups excluding carboxylic acids is 2. The molecule has 2 amide bonds. The largest absolute Gasteiger partial charge is 0.347 e. The Hall–Kier alpha value is -1.10. The van der Waals surface area contributed by atoms with Crippen LogP contribution in [0.1, 0.15) is 20.8 Å². The van der Waals surface area contributed by atoms with E-state index in [1.807, 2.05) is 20.8 Å². The molecule has 94 valence electrons. The van der Waals surface area contributed by atoms with Gasteiger partial charge in [-0.15, -0.1) is 0 Å². The molecule has 0 fully saturated rings. The maximum Gasteiger partial charge on any atom is 0.241 e. The second-order valence-corrected chi connectivity index (χ2v) is 4.41. The molecule has 0 aromatic heterocycles. The molecule has 5 nitrogen and oxygen atoms in total. The lowest BCUT2D eigenvalue weighted by atomic mass is 10.0. The van der Waals surface area contributed by atoms with E-state index in [0.717, 1.165) is 0 Å². The van der Waals surface area contributed by atoms with Gasteiger partial charge in [-0.1, -0.05) is 13.8 Å². The van der Waals surface area contributed by atoms with Crippen LogP contribution in [0.2, 0.25) is 0 Å². The molecule has 0 aromatic carbocycles. The van der Waals surface area contributed by atoms with Gasteiger partial charge >= 0.3 is 0 Å². The lowest BCUT2D eigenvalue weighted by Gasteiger charge is -2.26. The molecule has 2 N–H and O–H groups in total. The Bertz CT molecular complexity index is 252. The van der Waals surface area contributed by atoms with Gasteiger partial charge in [0.2, 0.25) is 11.8 Å². The summed E-state index contributed by atoms with van der Waals surface area (Å²) in [6.45, 7) is 6.23. The first-order chi connectivity index (χ1) is 7.31. The minimum Gasteiger partial charge on any atom is -0.347 e. The van der Waals surface area contributed by atoms with Crippen LogP contribution in [0, 0.1) is 5.92 Å². The highest BCUT2D eigenvalue weighted by Gasteiger charge is 2.24. The van der Waals surface area contributed by atoms with Gasteiger partial charge < -0.3 is 15.5 Å². The number of nitrogens with two attached hydrogens (primary N) is 1. The van der Waals surface area contributed by atoms with Crippen molar-refractivity contribution in [2.24, 2.45) is 11.7 Å². The molecular formula is C11H23N3O2. The highest BCUT2D eigenvalue weighted by atomic mass is 16.2. The molecule has 0 bridgehead atoms. The summed E-state index contributed by atoms with van der Waals surface area (Å²) in [4.78, 5) is 26.4. The van der Waals surface area contributed by atoms with E-state index in [1.54, 1.807) is 14.1 Å². The second-order valence-electron chi connectivity index (χ2n) is 4.41. The normalized spacial score (nSPS) is 12.4. The number of hydrogen-bond acceptors (Lipinski definition) is 3. The van der Waals surface area contributed by atoms with E-state index in [2.05, 4.69) is 0 Å². The Balaban J connectivity index is 4.50. The van der Waals surface area contributed by atoms with E-state index in [4.69, 9.17) is 5.73 Å². The van der Waals surface area contributed by atoms with Gasteiger partial charge in [-0.05, 0) is 12.8 Å². The van der Waals surface area contributed by atoms with E-state index in [-0.39, 0.29) is 24.3 Å². The Morgan fingerprint density at radius 3 is 2.06 bits per heavy atom. The van der Waals surface area contributed by atoms with Crippen molar-refractivity contribution < 1.29 is 9.59 Å². The fourth-order valence-electron chi connectivity index (χ4n) is 1.15. The fourth-order valence-corrected chi connectivity index (χ4v) is 1.15. The molecular weight excluding hydrogens is 206 g/mol. The van der Waals surface area contributed by atoms with E-state index >= 15 is 0 Å². The minimum atomic E-state index is -0.532. The summed E-state index contributed by atoms with van der Waals surface area (Å²) in [6, 6.07) is -0.532. The number of rotatable bonds is 5. The predicted molar refractivity (Wildman–Crippen MR) is 63.8 cm³/mol. The average molecular weight is 229 g/mol. The molecule has 0 saturated heterocycles. The zero-order valence-corrected chi connectivity index (χ0v) is 10.9. The zero-order valence-electron chi connectivity index (χ0n) is 10.9. The van der Waals surface area contributed by atoms with Crippen molar-refractivity contribution in [3.63, 3.8) is 0 Å². The summed E-state index contributed by atoms with van der Waals surface area (Å²) < 4.78 is 0. The van der Waals surface area contributed by atoms with Crippen LogP contribution >= 0.6 is 0 Å². The van der Waals surface area contributed by atoms with Crippen LogP contribution in [-0.4, -0.2) is 54.8 Å². The molecule has 0 aromatic rings. The third kappa shape index (κ3) is 4.18.